The molecule has 0 fully saturated rings. The van der Waals surface area contributed by atoms with Crippen LogP contribution < -0.4 is 11.2 Å². The van der Waals surface area contributed by atoms with Crippen molar-refractivity contribution in [3.63, 3.8) is 0 Å². The van der Waals surface area contributed by atoms with Gasteiger partial charge in [0.15, 0.2) is 11.5 Å². The van der Waals surface area contributed by atoms with E-state index in [-0.39, 0.29) is 34.8 Å². The summed E-state index contributed by atoms with van der Waals surface area (Å²) in [7, 11) is 0. The SMILES string of the molecule is CC1(C)CC(=O)C2=C(C1)N(NC(=O)c1ccco1)C(N)=C(C#N)C2c1ccc(Cl)cc1Cl. The third-order valence-corrected chi connectivity index (χ3v) is 6.18. The summed E-state index contributed by atoms with van der Waals surface area (Å²) in [6, 6.07) is 10.1. The molecule has 7 nitrogen and oxygen atoms in total. The van der Waals surface area contributed by atoms with Crippen LogP contribution >= 0.6 is 23.2 Å². The Bertz CT molecular complexity index is 1220. The Morgan fingerprint density at radius 2 is 2.06 bits per heavy atom. The Balaban J connectivity index is 1.90. The molecule has 1 aliphatic carbocycles. The fraction of sp³-hybridized carbons (Fsp3) is 0.261. The van der Waals surface area contributed by atoms with E-state index in [9.17, 15) is 14.9 Å². The minimum Gasteiger partial charge on any atom is -0.459 e. The largest absolute Gasteiger partial charge is 0.459 e. The van der Waals surface area contributed by atoms with Crippen LogP contribution in [-0.4, -0.2) is 16.7 Å². The first-order valence-electron chi connectivity index (χ1n) is 9.88. The van der Waals surface area contributed by atoms with Crippen LogP contribution in [0.2, 0.25) is 10.0 Å². The smallest absolute Gasteiger partial charge is 0.305 e. The van der Waals surface area contributed by atoms with Gasteiger partial charge in [-0.15, -0.1) is 0 Å². The summed E-state index contributed by atoms with van der Waals surface area (Å²) in [6.45, 7) is 3.93. The van der Waals surface area contributed by atoms with Crippen LogP contribution in [0.4, 0.5) is 0 Å². The molecule has 9 heteroatoms. The molecule has 0 saturated heterocycles. The molecule has 2 aliphatic rings. The molecule has 0 saturated carbocycles. The van der Waals surface area contributed by atoms with Crippen molar-refractivity contribution in [2.24, 2.45) is 11.1 Å². The van der Waals surface area contributed by atoms with E-state index in [1.807, 2.05) is 13.8 Å². The molecule has 1 aromatic heterocycles. The maximum absolute atomic E-state index is 13.4. The quantitative estimate of drug-likeness (QED) is 0.673. The Labute approximate surface area is 195 Å². The second-order valence-corrected chi connectivity index (χ2v) is 9.41. The molecule has 1 atom stereocenters. The predicted molar refractivity (Wildman–Crippen MR) is 119 cm³/mol. The molecule has 164 valence electrons. The lowest BCUT2D eigenvalue weighted by Gasteiger charge is -2.43. The van der Waals surface area contributed by atoms with Crippen molar-refractivity contribution >= 4 is 34.9 Å². The van der Waals surface area contributed by atoms with Crippen LogP contribution in [0.5, 0.6) is 0 Å². The summed E-state index contributed by atoms with van der Waals surface area (Å²) in [5.74, 6) is -1.36. The highest BCUT2D eigenvalue weighted by atomic mass is 35.5. The van der Waals surface area contributed by atoms with Gasteiger partial charge in [-0.3, -0.25) is 15.0 Å². The van der Waals surface area contributed by atoms with Gasteiger partial charge in [-0.2, -0.15) is 5.26 Å². The number of halogens is 2. The number of furan rings is 1. The van der Waals surface area contributed by atoms with Crippen molar-refractivity contribution in [3.05, 3.63) is 80.6 Å². The number of amides is 1. The van der Waals surface area contributed by atoms with Crippen LogP contribution in [0.3, 0.4) is 0 Å². The third-order valence-electron chi connectivity index (χ3n) is 5.61. The summed E-state index contributed by atoms with van der Waals surface area (Å²) >= 11 is 12.5. The Morgan fingerprint density at radius 3 is 2.69 bits per heavy atom. The number of hydrogen-bond donors (Lipinski definition) is 2. The summed E-state index contributed by atoms with van der Waals surface area (Å²) < 4.78 is 5.17. The van der Waals surface area contributed by atoms with Crippen LogP contribution in [0, 0.1) is 16.7 Å². The van der Waals surface area contributed by atoms with Gasteiger partial charge >= 0.3 is 5.91 Å². The Morgan fingerprint density at radius 1 is 1.31 bits per heavy atom. The summed E-state index contributed by atoms with van der Waals surface area (Å²) in [5.41, 5.74) is 10.3. The number of hydrazine groups is 1. The van der Waals surface area contributed by atoms with Gasteiger partial charge in [-0.05, 0) is 41.7 Å². The number of rotatable bonds is 3. The molecule has 0 spiro atoms. The van der Waals surface area contributed by atoms with Gasteiger partial charge in [0.1, 0.15) is 5.82 Å². The van der Waals surface area contributed by atoms with Crippen molar-refractivity contribution in [2.45, 2.75) is 32.6 Å². The molecule has 32 heavy (non-hydrogen) atoms. The maximum Gasteiger partial charge on any atom is 0.305 e. The zero-order valence-electron chi connectivity index (χ0n) is 17.4. The van der Waals surface area contributed by atoms with E-state index in [1.54, 1.807) is 24.3 Å². The van der Waals surface area contributed by atoms with E-state index in [0.29, 0.717) is 33.3 Å². The van der Waals surface area contributed by atoms with Crippen molar-refractivity contribution in [3.8, 4) is 6.07 Å². The lowest BCUT2D eigenvalue weighted by molar-refractivity contribution is -0.118. The summed E-state index contributed by atoms with van der Waals surface area (Å²) in [6.07, 6.45) is 2.11. The number of carbonyl (C=O) groups excluding carboxylic acids is 2. The molecule has 0 radical (unpaired) electrons. The van der Waals surface area contributed by atoms with E-state index in [4.69, 9.17) is 33.4 Å². The van der Waals surface area contributed by atoms with Crippen molar-refractivity contribution in [2.75, 3.05) is 0 Å². The molecule has 2 aromatic rings. The summed E-state index contributed by atoms with van der Waals surface area (Å²) in [5, 5.41) is 12.1. The first kappa shape index (κ1) is 22.0. The number of nitrogens with zero attached hydrogens (tertiary/aromatic N) is 2. The molecule has 4 rings (SSSR count). The zero-order chi connectivity index (χ0) is 23.2. The van der Waals surface area contributed by atoms with Crippen LogP contribution in [0.1, 0.15) is 48.7 Å². The molecule has 1 aromatic carbocycles. The third kappa shape index (κ3) is 3.77. The molecule has 2 heterocycles. The van der Waals surface area contributed by atoms with Gasteiger partial charge < -0.3 is 10.2 Å². The average molecular weight is 471 g/mol. The average Bonchev–Trinajstić information content (AvgIpc) is 3.24. The van der Waals surface area contributed by atoms with E-state index in [2.05, 4.69) is 11.5 Å². The normalized spacial score (nSPS) is 20.2. The lowest BCUT2D eigenvalue weighted by Crippen LogP contribution is -2.49. The highest BCUT2D eigenvalue weighted by molar-refractivity contribution is 6.35. The second kappa shape index (κ2) is 8.05. The number of ketones is 1. The van der Waals surface area contributed by atoms with Gasteiger partial charge in [-0.1, -0.05) is 43.1 Å². The number of nitriles is 1. The van der Waals surface area contributed by atoms with Gasteiger partial charge in [0.2, 0.25) is 0 Å². The van der Waals surface area contributed by atoms with Gasteiger partial charge in [0.25, 0.3) is 0 Å². The van der Waals surface area contributed by atoms with Crippen molar-refractivity contribution in [1.29, 1.82) is 5.26 Å². The number of nitrogens with two attached hydrogens (primary N) is 1. The molecule has 1 amide bonds. The number of Topliss-reactive ketones (excluding diaryl/α,β-unsaturated/α-hetero) is 1. The van der Waals surface area contributed by atoms with Crippen LogP contribution in [0.25, 0.3) is 0 Å². The lowest BCUT2D eigenvalue weighted by atomic mass is 9.69. The highest BCUT2D eigenvalue weighted by Gasteiger charge is 2.45. The number of nitrogens with one attached hydrogen (secondary N) is 1. The number of carbonyl (C=O) groups is 2. The fourth-order valence-corrected chi connectivity index (χ4v) is 4.77. The van der Waals surface area contributed by atoms with Gasteiger partial charge in [0, 0.05) is 22.0 Å². The zero-order valence-corrected chi connectivity index (χ0v) is 18.9. The first-order chi connectivity index (χ1) is 15.1. The van der Waals surface area contributed by atoms with Crippen molar-refractivity contribution in [1.82, 2.24) is 10.4 Å². The molecule has 0 bridgehead atoms. The summed E-state index contributed by atoms with van der Waals surface area (Å²) in [4.78, 5) is 26.1. The van der Waals surface area contributed by atoms with Gasteiger partial charge in [0.05, 0.1) is 29.5 Å². The monoisotopic (exact) mass is 470 g/mol. The molecular weight excluding hydrogens is 451 g/mol. The first-order valence-corrected chi connectivity index (χ1v) is 10.6. The number of benzene rings is 1. The Hall–Kier alpha value is -3.21. The van der Waals surface area contributed by atoms with E-state index in [1.165, 1.54) is 17.3 Å². The molecule has 1 aliphatic heterocycles. The van der Waals surface area contributed by atoms with E-state index < -0.39 is 11.8 Å². The number of allylic oxidation sites excluding steroid dienone is 3. The Kier molecular flexibility index (Phi) is 5.53. The van der Waals surface area contributed by atoms with Crippen molar-refractivity contribution < 1.29 is 14.0 Å². The predicted octanol–water partition coefficient (Wildman–Crippen LogP) is 4.67. The van der Waals surface area contributed by atoms with Crippen LogP contribution in [-0.2, 0) is 4.79 Å². The molecule has 1 unspecified atom stereocenters. The second-order valence-electron chi connectivity index (χ2n) is 8.56. The minimum atomic E-state index is -0.764. The highest BCUT2D eigenvalue weighted by Crippen LogP contribution is 2.49. The number of hydrogen-bond acceptors (Lipinski definition) is 6. The maximum atomic E-state index is 13.4. The van der Waals surface area contributed by atoms with Gasteiger partial charge in [-0.25, -0.2) is 5.01 Å². The minimum absolute atomic E-state index is 0.0210. The van der Waals surface area contributed by atoms with E-state index in [0.717, 1.165) is 0 Å². The topological polar surface area (TPSA) is 112 Å². The fourth-order valence-electron chi connectivity index (χ4n) is 4.25. The standard InChI is InChI=1S/C23H20Cl2N4O3/c1-23(2)9-16-20(17(30)10-23)19(13-6-5-12(24)8-15(13)25)14(11-26)21(27)29(16)28-22(31)18-4-3-7-32-18/h3-8,19H,9-10,27H2,1-2H3,(H,28,31). The molecular formula is C23H20Cl2N4O3. The van der Waals surface area contributed by atoms with E-state index >= 15 is 0 Å². The van der Waals surface area contributed by atoms with Crippen LogP contribution in [0.15, 0.2) is 63.7 Å². The molecule has 3 N–H and O–H groups in total.